The zero-order valence-electron chi connectivity index (χ0n) is 14.6. The lowest BCUT2D eigenvalue weighted by Gasteiger charge is -2.17. The number of nitrogens with one attached hydrogen (secondary N) is 1. The first-order valence-electron chi connectivity index (χ1n) is 8.35. The van der Waals surface area contributed by atoms with Gasteiger partial charge in [0.05, 0.1) is 29.7 Å². The van der Waals surface area contributed by atoms with Gasteiger partial charge in [0.2, 0.25) is 0 Å². The molecule has 0 aliphatic heterocycles. The van der Waals surface area contributed by atoms with Gasteiger partial charge in [0.15, 0.2) is 0 Å². The number of para-hydroxylation sites is 2. The lowest BCUT2D eigenvalue weighted by atomic mass is 10.2. The Morgan fingerprint density at radius 1 is 1.25 bits per heavy atom. The van der Waals surface area contributed by atoms with Crippen molar-refractivity contribution >= 4 is 17.3 Å². The lowest BCUT2D eigenvalue weighted by Crippen LogP contribution is -2.27. The Morgan fingerprint density at radius 2 is 2.04 bits per heavy atom. The largest absolute Gasteiger partial charge is 0.492 e. The van der Waals surface area contributed by atoms with Crippen LogP contribution in [0.25, 0.3) is 0 Å². The van der Waals surface area contributed by atoms with E-state index in [1.165, 1.54) is 0 Å². The minimum absolute atomic E-state index is 0.0160. The second-order valence-electron chi connectivity index (χ2n) is 5.60. The number of hydrogen-bond donors (Lipinski definition) is 1. The molecular weight excluding hydrogens is 302 g/mol. The van der Waals surface area contributed by atoms with Crippen molar-refractivity contribution in [3.8, 4) is 5.75 Å². The summed E-state index contributed by atoms with van der Waals surface area (Å²) >= 11 is 0. The molecule has 2 aromatic rings. The topological polar surface area (TPSA) is 54.5 Å². The zero-order chi connectivity index (χ0) is 17.4. The molecule has 0 saturated carbocycles. The number of nitrogens with zero attached hydrogens (tertiary/aromatic N) is 2. The zero-order valence-corrected chi connectivity index (χ0v) is 14.6. The maximum atomic E-state index is 12.5. The summed E-state index contributed by atoms with van der Waals surface area (Å²) in [6, 6.07) is 9.53. The molecule has 0 fully saturated rings. The average Bonchev–Trinajstić information content (AvgIpc) is 2.61. The van der Waals surface area contributed by atoms with E-state index in [1.807, 2.05) is 44.3 Å². The number of carbonyl (C=O) groups is 1. The minimum Gasteiger partial charge on any atom is -0.492 e. The van der Waals surface area contributed by atoms with Crippen molar-refractivity contribution in [2.24, 2.45) is 0 Å². The van der Waals surface area contributed by atoms with Gasteiger partial charge in [0.1, 0.15) is 5.75 Å². The predicted molar refractivity (Wildman–Crippen MR) is 97.0 cm³/mol. The predicted octanol–water partition coefficient (Wildman–Crippen LogP) is 4.10. The molecule has 2 rings (SSSR count). The van der Waals surface area contributed by atoms with Crippen molar-refractivity contribution in [1.29, 1.82) is 0 Å². The first-order chi connectivity index (χ1) is 11.7. The molecule has 0 aliphatic rings. The molecule has 5 heteroatoms. The highest BCUT2D eigenvalue weighted by Crippen LogP contribution is 2.27. The van der Waals surface area contributed by atoms with Crippen molar-refractivity contribution in [3.63, 3.8) is 0 Å². The van der Waals surface area contributed by atoms with Crippen LogP contribution in [0, 0.1) is 0 Å². The fourth-order valence-electron chi connectivity index (χ4n) is 2.35. The molecule has 1 aromatic heterocycles. The third-order valence-corrected chi connectivity index (χ3v) is 3.64. The van der Waals surface area contributed by atoms with E-state index in [9.17, 15) is 4.79 Å². The summed E-state index contributed by atoms with van der Waals surface area (Å²) in [5.74, 6) is 0.759. The second kappa shape index (κ2) is 8.91. The van der Waals surface area contributed by atoms with E-state index >= 15 is 0 Å². The molecule has 0 unspecified atom stereocenters. The molecule has 0 radical (unpaired) electrons. The number of ether oxygens (including phenoxy) is 1. The molecule has 128 valence electrons. The van der Waals surface area contributed by atoms with Crippen LogP contribution < -0.4 is 10.1 Å². The molecule has 0 saturated heterocycles. The molecule has 1 N–H and O–H groups in total. The number of carbonyl (C=O) groups excluding carboxylic acids is 1. The number of pyridine rings is 1. The minimum atomic E-state index is -0.0160. The number of rotatable bonds is 8. The third-order valence-electron chi connectivity index (χ3n) is 3.64. The number of benzene rings is 1. The summed E-state index contributed by atoms with van der Waals surface area (Å²) < 4.78 is 5.61. The van der Waals surface area contributed by atoms with Crippen LogP contribution in [-0.2, 0) is 0 Å². The smallest absolute Gasteiger partial charge is 0.255 e. The van der Waals surface area contributed by atoms with E-state index in [0.29, 0.717) is 12.2 Å². The average molecular weight is 327 g/mol. The maximum absolute atomic E-state index is 12.5. The van der Waals surface area contributed by atoms with Crippen LogP contribution >= 0.6 is 0 Å². The van der Waals surface area contributed by atoms with Crippen molar-refractivity contribution in [2.75, 3.05) is 25.5 Å². The molecule has 5 nitrogen and oxygen atoms in total. The number of hydrogen-bond acceptors (Lipinski definition) is 4. The van der Waals surface area contributed by atoms with Crippen molar-refractivity contribution in [2.45, 2.75) is 26.7 Å². The van der Waals surface area contributed by atoms with Gasteiger partial charge in [-0.15, -0.1) is 0 Å². The first-order valence-corrected chi connectivity index (χ1v) is 8.35. The van der Waals surface area contributed by atoms with Crippen molar-refractivity contribution in [3.05, 3.63) is 48.3 Å². The Bertz CT molecular complexity index is 673. The molecule has 0 spiro atoms. The highest BCUT2D eigenvalue weighted by molar-refractivity contribution is 5.94. The molecular formula is C19H25N3O2. The number of aromatic nitrogens is 1. The Hall–Kier alpha value is -2.56. The molecule has 0 aliphatic carbocycles. The Kier molecular flexibility index (Phi) is 6.61. The normalized spacial score (nSPS) is 10.3. The summed E-state index contributed by atoms with van der Waals surface area (Å²) in [4.78, 5) is 18.4. The molecule has 0 bridgehead atoms. The SMILES string of the molecule is CCCCN(C)C(=O)c1cncc(Nc2ccccc2OCC)c1. The van der Waals surface area contributed by atoms with Crippen LogP contribution in [0.3, 0.4) is 0 Å². The van der Waals surface area contributed by atoms with E-state index in [4.69, 9.17) is 4.74 Å². The maximum Gasteiger partial charge on any atom is 0.255 e. The summed E-state index contributed by atoms with van der Waals surface area (Å²) in [7, 11) is 1.82. The van der Waals surface area contributed by atoms with Gasteiger partial charge in [0, 0.05) is 19.8 Å². The van der Waals surface area contributed by atoms with Gasteiger partial charge < -0.3 is 15.0 Å². The monoisotopic (exact) mass is 327 g/mol. The highest BCUT2D eigenvalue weighted by Gasteiger charge is 2.12. The lowest BCUT2D eigenvalue weighted by molar-refractivity contribution is 0.0793. The quantitative estimate of drug-likeness (QED) is 0.793. The van der Waals surface area contributed by atoms with Gasteiger partial charge in [-0.25, -0.2) is 0 Å². The number of anilines is 2. The van der Waals surface area contributed by atoms with Crippen LogP contribution in [0.15, 0.2) is 42.7 Å². The van der Waals surface area contributed by atoms with Crippen molar-refractivity contribution < 1.29 is 9.53 Å². The number of unbranched alkanes of at least 4 members (excludes halogenated alkanes) is 1. The van der Waals surface area contributed by atoms with Crippen LogP contribution in [0.5, 0.6) is 5.75 Å². The van der Waals surface area contributed by atoms with E-state index in [1.54, 1.807) is 17.3 Å². The van der Waals surface area contributed by atoms with Crippen molar-refractivity contribution in [1.82, 2.24) is 9.88 Å². The highest BCUT2D eigenvalue weighted by atomic mass is 16.5. The second-order valence-corrected chi connectivity index (χ2v) is 5.60. The summed E-state index contributed by atoms with van der Waals surface area (Å²) in [5.41, 5.74) is 2.19. The third kappa shape index (κ3) is 4.72. The molecule has 1 heterocycles. The van der Waals surface area contributed by atoms with Crippen LogP contribution in [-0.4, -0.2) is 36.0 Å². The summed E-state index contributed by atoms with van der Waals surface area (Å²) in [6.45, 7) is 5.40. The van der Waals surface area contributed by atoms with Gasteiger partial charge in [-0.1, -0.05) is 25.5 Å². The summed E-state index contributed by atoms with van der Waals surface area (Å²) in [6.07, 6.45) is 5.36. The van der Waals surface area contributed by atoms with Gasteiger partial charge in [-0.05, 0) is 31.5 Å². The molecule has 0 atom stereocenters. The standard InChI is InChI=1S/C19H25N3O2/c1-4-6-11-22(3)19(23)15-12-16(14-20-13-15)21-17-9-7-8-10-18(17)24-5-2/h7-10,12-14,21H,4-6,11H2,1-3H3. The van der Waals surface area contributed by atoms with E-state index in [2.05, 4.69) is 17.2 Å². The van der Waals surface area contributed by atoms with E-state index in [0.717, 1.165) is 36.5 Å². The Balaban J connectivity index is 2.15. The number of amides is 1. The van der Waals surface area contributed by atoms with Crippen LogP contribution in [0.1, 0.15) is 37.0 Å². The summed E-state index contributed by atoms with van der Waals surface area (Å²) in [5, 5.41) is 3.28. The molecule has 1 aromatic carbocycles. The molecule has 1 amide bonds. The van der Waals surface area contributed by atoms with Gasteiger partial charge in [-0.2, -0.15) is 0 Å². The Labute approximate surface area is 143 Å². The Morgan fingerprint density at radius 3 is 2.79 bits per heavy atom. The molecule has 24 heavy (non-hydrogen) atoms. The van der Waals surface area contributed by atoms with Gasteiger partial charge >= 0.3 is 0 Å². The van der Waals surface area contributed by atoms with Gasteiger partial charge in [-0.3, -0.25) is 9.78 Å². The van der Waals surface area contributed by atoms with Gasteiger partial charge in [0.25, 0.3) is 5.91 Å². The fourth-order valence-corrected chi connectivity index (χ4v) is 2.35. The van der Waals surface area contributed by atoms with E-state index in [-0.39, 0.29) is 5.91 Å². The fraction of sp³-hybridized carbons (Fsp3) is 0.368. The van der Waals surface area contributed by atoms with Crippen LogP contribution in [0.4, 0.5) is 11.4 Å². The first kappa shape index (κ1) is 17.8. The van der Waals surface area contributed by atoms with Crippen LogP contribution in [0.2, 0.25) is 0 Å². The van der Waals surface area contributed by atoms with E-state index < -0.39 is 0 Å².